The number of nitrogens with zero attached hydrogens (tertiary/aromatic N) is 2. The average molecular weight is 386 g/mol. The molecular weight excluding hydrogens is 370 g/mol. The number of methoxy groups -OCH3 is 1. The van der Waals surface area contributed by atoms with Gasteiger partial charge in [0.15, 0.2) is 5.17 Å². The van der Waals surface area contributed by atoms with E-state index in [1.54, 1.807) is 45.5 Å². The summed E-state index contributed by atoms with van der Waals surface area (Å²) in [4.78, 5) is 29.6. The van der Waals surface area contributed by atoms with Gasteiger partial charge in [-0.1, -0.05) is 0 Å². The van der Waals surface area contributed by atoms with Gasteiger partial charge < -0.3 is 10.1 Å². The maximum Gasteiger partial charge on any atom is 0.266 e. The first-order valence-electron chi connectivity index (χ1n) is 6.14. The van der Waals surface area contributed by atoms with Gasteiger partial charge >= 0.3 is 0 Å². The highest BCUT2D eigenvalue weighted by molar-refractivity contribution is 8.93. The molecule has 1 N–H and O–H groups in total. The number of aliphatic imine (C=N–C) groups is 1. The third-order valence-electron chi connectivity index (χ3n) is 2.81. The highest BCUT2D eigenvalue weighted by Crippen LogP contribution is 2.29. The van der Waals surface area contributed by atoms with Gasteiger partial charge in [-0.2, -0.15) is 0 Å². The standard InChI is InChI=1S/C14H15N3O3S.BrH/c1-15-14-17(2)13(19)11(21-14)8-12(18)16-9-4-6-10(20-3)7-5-9;/h4-8H,1-3H3,(H,16,18);1H/b11-8-,15-14?;. The van der Waals surface area contributed by atoms with Gasteiger partial charge in [-0.05, 0) is 36.0 Å². The summed E-state index contributed by atoms with van der Waals surface area (Å²) >= 11 is 1.18. The first-order valence-corrected chi connectivity index (χ1v) is 6.96. The molecule has 0 bridgehead atoms. The van der Waals surface area contributed by atoms with Gasteiger partial charge in [0.25, 0.3) is 5.91 Å². The lowest BCUT2D eigenvalue weighted by molar-refractivity contribution is -0.121. The van der Waals surface area contributed by atoms with Crippen LogP contribution in [0.15, 0.2) is 40.2 Å². The van der Waals surface area contributed by atoms with Crippen molar-refractivity contribution in [2.75, 3.05) is 26.5 Å². The molecule has 0 radical (unpaired) electrons. The molecule has 1 saturated heterocycles. The van der Waals surface area contributed by atoms with Gasteiger partial charge in [0.1, 0.15) is 5.75 Å². The number of carbonyl (C=O) groups excluding carboxylic acids is 2. The van der Waals surface area contributed by atoms with Crippen molar-refractivity contribution in [1.82, 2.24) is 4.90 Å². The van der Waals surface area contributed by atoms with Crippen LogP contribution in [0.1, 0.15) is 0 Å². The molecule has 0 atom stereocenters. The lowest BCUT2D eigenvalue weighted by Gasteiger charge is -2.05. The number of ether oxygens (including phenoxy) is 1. The van der Waals surface area contributed by atoms with E-state index < -0.39 is 0 Å². The van der Waals surface area contributed by atoms with E-state index in [4.69, 9.17) is 4.74 Å². The quantitative estimate of drug-likeness (QED) is 0.810. The molecule has 2 rings (SSSR count). The molecule has 1 aromatic rings. The Balaban J connectivity index is 0.00000242. The Labute approximate surface area is 143 Å². The van der Waals surface area contributed by atoms with Crippen LogP contribution in [-0.4, -0.2) is 43.1 Å². The molecule has 0 saturated carbocycles. The first kappa shape index (κ1) is 18.2. The van der Waals surface area contributed by atoms with E-state index in [-0.39, 0.29) is 28.8 Å². The average Bonchev–Trinajstić information content (AvgIpc) is 2.76. The Hall–Kier alpha value is -1.80. The lowest BCUT2D eigenvalue weighted by atomic mass is 10.3. The highest BCUT2D eigenvalue weighted by atomic mass is 79.9. The van der Waals surface area contributed by atoms with Gasteiger partial charge in [-0.15, -0.1) is 17.0 Å². The van der Waals surface area contributed by atoms with Gasteiger partial charge in [0.05, 0.1) is 12.0 Å². The van der Waals surface area contributed by atoms with Crippen LogP contribution in [0.5, 0.6) is 5.75 Å². The molecular formula is C14H16BrN3O3S. The van der Waals surface area contributed by atoms with Gasteiger partial charge in [-0.3, -0.25) is 19.5 Å². The molecule has 6 nitrogen and oxygen atoms in total. The second kappa shape index (κ2) is 8.00. The Morgan fingerprint density at radius 1 is 1.36 bits per heavy atom. The number of nitrogens with one attached hydrogen (secondary N) is 1. The molecule has 1 aliphatic heterocycles. The van der Waals surface area contributed by atoms with Crippen LogP contribution in [-0.2, 0) is 9.59 Å². The summed E-state index contributed by atoms with van der Waals surface area (Å²) in [6, 6.07) is 6.94. The topological polar surface area (TPSA) is 71.0 Å². The van der Waals surface area contributed by atoms with Gasteiger partial charge in [0.2, 0.25) is 5.91 Å². The molecule has 0 unspecified atom stereocenters. The van der Waals surface area contributed by atoms with E-state index in [0.717, 1.165) is 0 Å². The van der Waals surface area contributed by atoms with Crippen LogP contribution in [0.25, 0.3) is 0 Å². The summed E-state index contributed by atoms with van der Waals surface area (Å²) in [5, 5.41) is 3.27. The van der Waals surface area contributed by atoms with Crippen molar-refractivity contribution in [2.24, 2.45) is 4.99 Å². The SMILES string of the molecule is Br.CN=C1S/C(=C\C(=O)Nc2ccc(OC)cc2)C(=O)N1C. The van der Waals surface area contributed by atoms with Crippen LogP contribution >= 0.6 is 28.7 Å². The van der Waals surface area contributed by atoms with Crippen molar-refractivity contribution in [2.45, 2.75) is 0 Å². The molecule has 22 heavy (non-hydrogen) atoms. The number of thioether (sulfide) groups is 1. The fourth-order valence-electron chi connectivity index (χ4n) is 1.72. The molecule has 8 heteroatoms. The van der Waals surface area contributed by atoms with Gasteiger partial charge in [0, 0.05) is 25.9 Å². The normalized spacial score (nSPS) is 17.6. The summed E-state index contributed by atoms with van der Waals surface area (Å²) in [7, 11) is 4.80. The number of carbonyl (C=O) groups is 2. The molecule has 118 valence electrons. The monoisotopic (exact) mass is 385 g/mol. The van der Waals surface area contributed by atoms with Crippen LogP contribution < -0.4 is 10.1 Å². The number of anilines is 1. The minimum absolute atomic E-state index is 0. The molecule has 1 aromatic carbocycles. The predicted octanol–water partition coefficient (Wildman–Crippen LogP) is 2.29. The Morgan fingerprint density at radius 2 is 2.00 bits per heavy atom. The second-order valence-electron chi connectivity index (χ2n) is 4.20. The maximum absolute atomic E-state index is 11.9. The fourth-order valence-corrected chi connectivity index (χ4v) is 2.62. The summed E-state index contributed by atoms with van der Waals surface area (Å²) < 4.78 is 5.04. The molecule has 0 spiro atoms. The van der Waals surface area contributed by atoms with Crippen LogP contribution in [0.3, 0.4) is 0 Å². The van der Waals surface area contributed by atoms with E-state index in [9.17, 15) is 9.59 Å². The van der Waals surface area contributed by atoms with Crippen molar-refractivity contribution in [3.05, 3.63) is 35.2 Å². The number of hydrogen-bond donors (Lipinski definition) is 1. The molecule has 0 aliphatic carbocycles. The highest BCUT2D eigenvalue weighted by Gasteiger charge is 2.30. The number of rotatable bonds is 3. The third kappa shape index (κ3) is 4.11. The molecule has 1 heterocycles. The number of amidine groups is 1. The second-order valence-corrected chi connectivity index (χ2v) is 5.21. The Bertz CT molecular complexity index is 629. The number of hydrogen-bond acceptors (Lipinski definition) is 5. The minimum atomic E-state index is -0.359. The van der Waals surface area contributed by atoms with E-state index in [2.05, 4.69) is 10.3 Å². The Kier molecular flexibility index (Phi) is 6.63. The third-order valence-corrected chi connectivity index (χ3v) is 3.97. The number of halogens is 1. The minimum Gasteiger partial charge on any atom is -0.497 e. The number of likely N-dealkylation sites (N-methyl/N-ethyl adjacent to an activating group) is 1. The lowest BCUT2D eigenvalue weighted by Crippen LogP contribution is -2.24. The van der Waals surface area contributed by atoms with E-state index in [1.165, 1.54) is 22.7 Å². The Morgan fingerprint density at radius 3 is 2.50 bits per heavy atom. The van der Waals surface area contributed by atoms with Gasteiger partial charge in [-0.25, -0.2) is 0 Å². The van der Waals surface area contributed by atoms with Crippen molar-refractivity contribution in [1.29, 1.82) is 0 Å². The molecule has 1 fully saturated rings. The maximum atomic E-state index is 11.9. The molecule has 2 amide bonds. The predicted molar refractivity (Wildman–Crippen MR) is 93.7 cm³/mol. The van der Waals surface area contributed by atoms with E-state index >= 15 is 0 Å². The van der Waals surface area contributed by atoms with Crippen molar-refractivity contribution >= 4 is 51.4 Å². The largest absolute Gasteiger partial charge is 0.497 e. The summed E-state index contributed by atoms with van der Waals surface area (Å²) in [5.41, 5.74) is 0.630. The summed E-state index contributed by atoms with van der Waals surface area (Å²) in [6.07, 6.45) is 1.28. The smallest absolute Gasteiger partial charge is 0.266 e. The van der Waals surface area contributed by atoms with Crippen LogP contribution in [0.4, 0.5) is 5.69 Å². The van der Waals surface area contributed by atoms with E-state index in [0.29, 0.717) is 21.5 Å². The zero-order chi connectivity index (χ0) is 15.4. The summed E-state index contributed by atoms with van der Waals surface area (Å²) in [6.45, 7) is 0. The van der Waals surface area contributed by atoms with Crippen LogP contribution in [0, 0.1) is 0 Å². The number of amides is 2. The first-order chi connectivity index (χ1) is 10.0. The fraction of sp³-hybridized carbons (Fsp3) is 0.214. The zero-order valence-electron chi connectivity index (χ0n) is 12.3. The molecule has 0 aromatic heterocycles. The summed E-state index contributed by atoms with van der Waals surface area (Å²) in [5.74, 6) is 0.116. The van der Waals surface area contributed by atoms with Crippen molar-refractivity contribution in [3.63, 3.8) is 0 Å². The van der Waals surface area contributed by atoms with Crippen molar-refractivity contribution in [3.8, 4) is 5.75 Å². The molecule has 1 aliphatic rings. The number of benzene rings is 1. The zero-order valence-corrected chi connectivity index (χ0v) is 14.9. The van der Waals surface area contributed by atoms with E-state index in [1.807, 2.05) is 0 Å². The van der Waals surface area contributed by atoms with Crippen LogP contribution in [0.2, 0.25) is 0 Å². The van der Waals surface area contributed by atoms with Crippen molar-refractivity contribution < 1.29 is 14.3 Å².